The molecule has 1 atom stereocenters. The van der Waals surface area contributed by atoms with Crippen LogP contribution in [0, 0.1) is 0 Å². The molecule has 1 unspecified atom stereocenters. The van der Waals surface area contributed by atoms with Crippen molar-refractivity contribution in [2.24, 2.45) is 0 Å². The maximum absolute atomic E-state index is 13.0. The molecule has 0 spiro atoms. The normalized spacial score (nSPS) is 18.6. The first-order valence-corrected chi connectivity index (χ1v) is 11.0. The molecule has 28 heavy (non-hydrogen) atoms. The summed E-state index contributed by atoms with van der Waals surface area (Å²) in [6.45, 7) is 0.364. The Morgan fingerprint density at radius 2 is 1.93 bits per heavy atom. The Kier molecular flexibility index (Phi) is 5.05. The lowest BCUT2D eigenvalue weighted by molar-refractivity contribution is -0.128. The molecule has 0 saturated carbocycles. The third-order valence-corrected chi connectivity index (χ3v) is 6.84. The van der Waals surface area contributed by atoms with Gasteiger partial charge in [-0.25, -0.2) is 8.42 Å². The monoisotopic (exact) mass is 395 g/mol. The molecule has 2 aromatic carbocycles. The van der Waals surface area contributed by atoms with E-state index < -0.39 is 9.84 Å². The summed E-state index contributed by atoms with van der Waals surface area (Å²) in [7, 11) is -3.10. The van der Waals surface area contributed by atoms with Crippen molar-refractivity contribution in [3.8, 4) is 0 Å². The van der Waals surface area contributed by atoms with Gasteiger partial charge in [0.1, 0.15) is 5.76 Å². The van der Waals surface area contributed by atoms with Gasteiger partial charge in [0.25, 0.3) is 0 Å². The summed E-state index contributed by atoms with van der Waals surface area (Å²) in [5.74, 6) is 0.501. The van der Waals surface area contributed by atoms with Crippen LogP contribution in [0.25, 0.3) is 16.8 Å². The Balaban J connectivity index is 1.65. The molecule has 0 radical (unpaired) electrons. The van der Waals surface area contributed by atoms with Crippen LogP contribution in [-0.2, 0) is 21.2 Å². The highest BCUT2D eigenvalue weighted by Gasteiger charge is 2.34. The minimum Gasteiger partial charge on any atom is -0.465 e. The van der Waals surface area contributed by atoms with Crippen LogP contribution >= 0.6 is 0 Å². The van der Waals surface area contributed by atoms with Gasteiger partial charge in [-0.1, -0.05) is 42.5 Å². The lowest BCUT2D eigenvalue weighted by atomic mass is 10.0. The van der Waals surface area contributed by atoms with Gasteiger partial charge in [0.15, 0.2) is 9.84 Å². The fourth-order valence-electron chi connectivity index (χ4n) is 3.66. The summed E-state index contributed by atoms with van der Waals surface area (Å²) in [6, 6.07) is 17.2. The highest BCUT2D eigenvalue weighted by Crippen LogP contribution is 2.25. The molecule has 1 aliphatic rings. The van der Waals surface area contributed by atoms with E-state index in [0.717, 1.165) is 16.3 Å². The average molecular weight is 395 g/mol. The van der Waals surface area contributed by atoms with E-state index in [1.54, 1.807) is 29.4 Å². The van der Waals surface area contributed by atoms with Crippen LogP contribution in [0.1, 0.15) is 17.7 Å². The second-order valence-electron chi connectivity index (χ2n) is 7.01. The summed E-state index contributed by atoms with van der Waals surface area (Å²) >= 11 is 0. The number of nitrogens with zero attached hydrogens (tertiary/aromatic N) is 1. The quantitative estimate of drug-likeness (QED) is 0.618. The van der Waals surface area contributed by atoms with Gasteiger partial charge in [0.05, 0.1) is 17.8 Å². The lowest BCUT2D eigenvalue weighted by Gasteiger charge is -2.28. The van der Waals surface area contributed by atoms with Gasteiger partial charge in [-0.3, -0.25) is 4.79 Å². The number of furan rings is 1. The molecule has 1 aliphatic heterocycles. The molecule has 1 fully saturated rings. The molecule has 1 saturated heterocycles. The van der Waals surface area contributed by atoms with Gasteiger partial charge in [-0.05, 0) is 41.0 Å². The highest BCUT2D eigenvalue weighted by molar-refractivity contribution is 7.91. The first-order valence-electron chi connectivity index (χ1n) is 9.21. The SMILES string of the molecule is O=C(/C=C/c1ccco1)N(Cc1cccc2ccccc12)C1CCS(=O)(=O)C1. The number of carbonyl (C=O) groups excluding carboxylic acids is 1. The molecule has 6 heteroatoms. The topological polar surface area (TPSA) is 67.6 Å². The van der Waals surface area contributed by atoms with E-state index in [1.807, 2.05) is 42.5 Å². The van der Waals surface area contributed by atoms with Gasteiger partial charge in [0.2, 0.25) is 5.91 Å². The predicted octanol–water partition coefficient (Wildman–Crippen LogP) is 3.66. The molecule has 5 nitrogen and oxygen atoms in total. The van der Waals surface area contributed by atoms with Crippen molar-refractivity contribution in [1.29, 1.82) is 0 Å². The first kappa shape index (κ1) is 18.5. The number of carbonyl (C=O) groups is 1. The van der Waals surface area contributed by atoms with Crippen LogP contribution in [0.4, 0.5) is 0 Å². The van der Waals surface area contributed by atoms with Crippen LogP contribution in [0.3, 0.4) is 0 Å². The summed E-state index contributed by atoms with van der Waals surface area (Å²) in [5, 5.41) is 2.16. The summed E-state index contributed by atoms with van der Waals surface area (Å²) in [6.07, 6.45) is 5.08. The van der Waals surface area contributed by atoms with Gasteiger partial charge in [-0.2, -0.15) is 0 Å². The molecular weight excluding hydrogens is 374 g/mol. The molecule has 0 aliphatic carbocycles. The zero-order chi connectivity index (χ0) is 19.6. The second kappa shape index (κ2) is 7.64. The van der Waals surface area contributed by atoms with E-state index in [4.69, 9.17) is 4.42 Å². The van der Waals surface area contributed by atoms with E-state index >= 15 is 0 Å². The molecular formula is C22H21NO4S. The third-order valence-electron chi connectivity index (χ3n) is 5.09. The predicted molar refractivity (Wildman–Crippen MR) is 109 cm³/mol. The Bertz CT molecular complexity index is 1110. The molecule has 0 bridgehead atoms. The van der Waals surface area contributed by atoms with E-state index in [9.17, 15) is 13.2 Å². The van der Waals surface area contributed by atoms with Crippen molar-refractivity contribution < 1.29 is 17.6 Å². The number of hydrogen-bond acceptors (Lipinski definition) is 4. The maximum atomic E-state index is 13.0. The van der Waals surface area contributed by atoms with Crippen LogP contribution in [-0.4, -0.2) is 36.8 Å². The van der Waals surface area contributed by atoms with Gasteiger partial charge < -0.3 is 9.32 Å². The van der Waals surface area contributed by atoms with Crippen molar-refractivity contribution >= 4 is 32.6 Å². The Morgan fingerprint density at radius 3 is 2.68 bits per heavy atom. The van der Waals surface area contributed by atoms with E-state index in [1.165, 1.54) is 6.08 Å². The standard InChI is InChI=1S/C22H21NO4S/c24-22(11-10-20-8-4-13-27-20)23(19-12-14-28(25,26)16-19)15-18-7-3-6-17-5-1-2-9-21(17)18/h1-11,13,19H,12,14-16H2/b11-10+. The third kappa shape index (κ3) is 4.02. The summed E-state index contributed by atoms with van der Waals surface area (Å²) in [4.78, 5) is 14.7. The van der Waals surface area contributed by atoms with E-state index in [-0.39, 0.29) is 23.5 Å². The van der Waals surface area contributed by atoms with Crippen LogP contribution in [0.2, 0.25) is 0 Å². The Hall–Kier alpha value is -2.86. The van der Waals surface area contributed by atoms with E-state index in [2.05, 4.69) is 0 Å². The number of sulfone groups is 1. The number of amides is 1. The Morgan fingerprint density at radius 1 is 1.11 bits per heavy atom. The largest absolute Gasteiger partial charge is 0.465 e. The molecule has 1 amide bonds. The fourth-order valence-corrected chi connectivity index (χ4v) is 5.39. The number of rotatable bonds is 5. The van der Waals surface area contributed by atoms with Gasteiger partial charge in [0, 0.05) is 18.7 Å². The molecule has 3 aromatic rings. The number of benzene rings is 2. The van der Waals surface area contributed by atoms with Crippen molar-refractivity contribution in [2.45, 2.75) is 19.0 Å². The number of hydrogen-bond donors (Lipinski definition) is 0. The maximum Gasteiger partial charge on any atom is 0.247 e. The lowest BCUT2D eigenvalue weighted by Crippen LogP contribution is -2.39. The Labute approximate surface area is 164 Å². The molecule has 2 heterocycles. The van der Waals surface area contributed by atoms with Crippen molar-refractivity contribution in [2.75, 3.05) is 11.5 Å². The zero-order valence-corrected chi connectivity index (χ0v) is 16.1. The van der Waals surface area contributed by atoms with Crippen molar-refractivity contribution in [1.82, 2.24) is 4.90 Å². The zero-order valence-electron chi connectivity index (χ0n) is 15.3. The minimum atomic E-state index is -3.10. The van der Waals surface area contributed by atoms with Crippen LogP contribution in [0.15, 0.2) is 71.4 Å². The fraction of sp³-hybridized carbons (Fsp3) is 0.227. The molecule has 144 valence electrons. The van der Waals surface area contributed by atoms with Crippen LogP contribution in [0.5, 0.6) is 0 Å². The van der Waals surface area contributed by atoms with Gasteiger partial charge >= 0.3 is 0 Å². The van der Waals surface area contributed by atoms with Gasteiger partial charge in [-0.15, -0.1) is 0 Å². The average Bonchev–Trinajstić information content (AvgIpc) is 3.33. The van der Waals surface area contributed by atoms with Crippen molar-refractivity contribution in [3.05, 3.63) is 78.3 Å². The summed E-state index contributed by atoms with van der Waals surface area (Å²) < 4.78 is 29.3. The highest BCUT2D eigenvalue weighted by atomic mass is 32.2. The second-order valence-corrected chi connectivity index (χ2v) is 9.24. The molecule has 4 rings (SSSR count). The van der Waals surface area contributed by atoms with E-state index in [0.29, 0.717) is 18.7 Å². The minimum absolute atomic E-state index is 0.0120. The molecule has 0 N–H and O–H groups in total. The summed E-state index contributed by atoms with van der Waals surface area (Å²) in [5.41, 5.74) is 1.00. The first-order chi connectivity index (χ1) is 13.5. The number of fused-ring (bicyclic) bond motifs is 1. The molecule has 1 aromatic heterocycles. The van der Waals surface area contributed by atoms with Crippen molar-refractivity contribution in [3.63, 3.8) is 0 Å². The van der Waals surface area contributed by atoms with Crippen LogP contribution < -0.4 is 0 Å². The smallest absolute Gasteiger partial charge is 0.247 e.